The largest absolute Gasteiger partial charge is 0.497 e. The molecule has 0 unspecified atom stereocenters. The fraction of sp³-hybridized carbons (Fsp3) is 0.0952. The second kappa shape index (κ2) is 8.50. The quantitative estimate of drug-likeness (QED) is 0.607. The summed E-state index contributed by atoms with van der Waals surface area (Å²) in [6.07, 6.45) is 0. The number of sulfonamides is 1. The molecule has 0 aliphatic carbocycles. The minimum atomic E-state index is -3.98. The number of carbonyl (C=O) groups excluding carboxylic acids is 1. The monoisotopic (exact) mass is 432 g/mol. The summed E-state index contributed by atoms with van der Waals surface area (Å²) in [6, 6.07) is 13.8. The second-order valence-corrected chi connectivity index (χ2v) is 8.02. The van der Waals surface area contributed by atoms with Crippen molar-refractivity contribution >= 4 is 27.3 Å². The van der Waals surface area contributed by atoms with Gasteiger partial charge in [0.05, 0.1) is 17.6 Å². The number of nitrogens with one attached hydrogen (secondary N) is 2. The first kappa shape index (κ1) is 21.3. The number of ether oxygens (including phenoxy) is 1. The van der Waals surface area contributed by atoms with Gasteiger partial charge in [0.15, 0.2) is 11.6 Å². The highest BCUT2D eigenvalue weighted by Crippen LogP contribution is 2.25. The summed E-state index contributed by atoms with van der Waals surface area (Å²) in [5.41, 5.74) is 0.387. The van der Waals surface area contributed by atoms with E-state index in [2.05, 4.69) is 10.0 Å². The average Bonchev–Trinajstić information content (AvgIpc) is 2.71. The molecule has 0 saturated carbocycles. The van der Waals surface area contributed by atoms with Gasteiger partial charge in [-0.3, -0.25) is 9.52 Å². The van der Waals surface area contributed by atoms with Crippen LogP contribution < -0.4 is 14.8 Å². The van der Waals surface area contributed by atoms with Gasteiger partial charge >= 0.3 is 0 Å². The highest BCUT2D eigenvalue weighted by molar-refractivity contribution is 7.92. The van der Waals surface area contributed by atoms with E-state index in [-0.39, 0.29) is 10.6 Å². The van der Waals surface area contributed by atoms with Gasteiger partial charge in [-0.1, -0.05) is 12.1 Å². The molecule has 0 aliphatic heterocycles. The van der Waals surface area contributed by atoms with Gasteiger partial charge in [0, 0.05) is 11.4 Å². The lowest BCUT2D eigenvalue weighted by atomic mass is 10.1. The zero-order valence-electron chi connectivity index (χ0n) is 16.1. The van der Waals surface area contributed by atoms with Gasteiger partial charge in [0.2, 0.25) is 0 Å². The van der Waals surface area contributed by atoms with Gasteiger partial charge < -0.3 is 10.1 Å². The fourth-order valence-corrected chi connectivity index (χ4v) is 4.04. The van der Waals surface area contributed by atoms with Crippen LogP contribution in [-0.2, 0) is 10.0 Å². The summed E-state index contributed by atoms with van der Waals surface area (Å²) in [5, 5.41) is 2.39. The molecule has 2 N–H and O–H groups in total. The SMILES string of the molecule is COc1ccc(NS(=O)(=O)c2cc(NC(=O)c3cccc(F)c3F)ccc2C)cc1. The van der Waals surface area contributed by atoms with Crippen LogP contribution in [0.3, 0.4) is 0 Å². The number of aryl methyl sites for hydroxylation is 1. The first-order valence-electron chi connectivity index (χ1n) is 8.74. The molecule has 1 amide bonds. The zero-order valence-corrected chi connectivity index (χ0v) is 16.9. The maximum atomic E-state index is 13.8. The number of halogens is 2. The number of rotatable bonds is 6. The molecule has 156 valence electrons. The molecule has 0 aromatic heterocycles. The molecule has 3 aromatic rings. The number of carbonyl (C=O) groups is 1. The molecule has 0 fully saturated rings. The van der Waals surface area contributed by atoms with Crippen LogP contribution in [0, 0.1) is 18.6 Å². The normalized spacial score (nSPS) is 11.1. The third-order valence-electron chi connectivity index (χ3n) is 4.27. The Morgan fingerprint density at radius 1 is 0.967 bits per heavy atom. The van der Waals surface area contributed by atoms with E-state index in [0.29, 0.717) is 17.0 Å². The zero-order chi connectivity index (χ0) is 21.9. The summed E-state index contributed by atoms with van der Waals surface area (Å²) >= 11 is 0. The number of amides is 1. The van der Waals surface area contributed by atoms with E-state index >= 15 is 0 Å². The molecule has 0 atom stereocenters. The third kappa shape index (κ3) is 4.57. The van der Waals surface area contributed by atoms with Gasteiger partial charge in [0.1, 0.15) is 5.75 Å². The van der Waals surface area contributed by atoms with Crippen molar-refractivity contribution in [2.45, 2.75) is 11.8 Å². The van der Waals surface area contributed by atoms with Crippen molar-refractivity contribution in [1.82, 2.24) is 0 Å². The van der Waals surface area contributed by atoms with Crippen LogP contribution in [0.4, 0.5) is 20.2 Å². The van der Waals surface area contributed by atoms with E-state index in [1.165, 1.54) is 31.4 Å². The molecule has 3 rings (SSSR count). The molecule has 0 aliphatic rings. The number of hydrogen-bond donors (Lipinski definition) is 2. The Labute approximate surface area is 172 Å². The van der Waals surface area contributed by atoms with E-state index in [1.54, 1.807) is 31.2 Å². The van der Waals surface area contributed by atoms with Crippen molar-refractivity contribution in [3.8, 4) is 5.75 Å². The molecular weight excluding hydrogens is 414 g/mol. The Hall–Kier alpha value is -3.46. The number of anilines is 2. The highest BCUT2D eigenvalue weighted by atomic mass is 32.2. The van der Waals surface area contributed by atoms with Crippen molar-refractivity contribution in [2.24, 2.45) is 0 Å². The van der Waals surface area contributed by atoms with Crippen LogP contribution in [0.2, 0.25) is 0 Å². The predicted octanol–water partition coefficient (Wildman–Crippen LogP) is 4.33. The van der Waals surface area contributed by atoms with E-state index in [4.69, 9.17) is 4.74 Å². The van der Waals surface area contributed by atoms with Gasteiger partial charge in [-0.15, -0.1) is 0 Å². The number of methoxy groups -OCH3 is 1. The van der Waals surface area contributed by atoms with Crippen molar-refractivity contribution in [3.05, 3.63) is 83.4 Å². The lowest BCUT2D eigenvalue weighted by molar-refractivity contribution is 0.102. The van der Waals surface area contributed by atoms with E-state index in [9.17, 15) is 22.0 Å². The lowest BCUT2D eigenvalue weighted by Crippen LogP contribution is -2.17. The van der Waals surface area contributed by atoms with Crippen LogP contribution >= 0.6 is 0 Å². The maximum absolute atomic E-state index is 13.8. The summed E-state index contributed by atoms with van der Waals surface area (Å²) in [6.45, 7) is 1.60. The van der Waals surface area contributed by atoms with Crippen molar-refractivity contribution in [1.29, 1.82) is 0 Å². The summed E-state index contributed by atoms with van der Waals surface area (Å²) in [5.74, 6) is -2.76. The summed E-state index contributed by atoms with van der Waals surface area (Å²) in [7, 11) is -2.48. The van der Waals surface area contributed by atoms with Gasteiger partial charge in [-0.05, 0) is 61.0 Å². The summed E-state index contributed by atoms with van der Waals surface area (Å²) in [4.78, 5) is 12.2. The van der Waals surface area contributed by atoms with E-state index in [1.807, 2.05) is 0 Å². The molecule has 0 saturated heterocycles. The Morgan fingerprint density at radius 3 is 2.30 bits per heavy atom. The molecule has 30 heavy (non-hydrogen) atoms. The molecule has 0 spiro atoms. The minimum absolute atomic E-state index is 0.0733. The highest BCUT2D eigenvalue weighted by Gasteiger charge is 2.20. The van der Waals surface area contributed by atoms with Gasteiger partial charge in [-0.25, -0.2) is 17.2 Å². The predicted molar refractivity (Wildman–Crippen MR) is 109 cm³/mol. The molecule has 3 aromatic carbocycles. The molecule has 0 bridgehead atoms. The van der Waals surface area contributed by atoms with Gasteiger partial charge in [-0.2, -0.15) is 0 Å². The van der Waals surface area contributed by atoms with Crippen LogP contribution in [0.5, 0.6) is 5.75 Å². The average molecular weight is 432 g/mol. The fourth-order valence-electron chi connectivity index (χ4n) is 2.71. The first-order chi connectivity index (χ1) is 14.2. The topological polar surface area (TPSA) is 84.5 Å². The molecule has 6 nitrogen and oxygen atoms in total. The molecule has 0 heterocycles. The third-order valence-corrected chi connectivity index (χ3v) is 5.80. The van der Waals surface area contributed by atoms with Crippen LogP contribution in [0.1, 0.15) is 15.9 Å². The first-order valence-corrected chi connectivity index (χ1v) is 10.2. The van der Waals surface area contributed by atoms with Crippen LogP contribution in [0.15, 0.2) is 65.6 Å². The second-order valence-electron chi connectivity index (χ2n) is 6.37. The Kier molecular flexibility index (Phi) is 6.02. The standard InChI is InChI=1S/C21H18F2N2O4S/c1-13-6-7-15(24-21(26)17-4-3-5-18(22)20(17)23)12-19(13)30(27,28)25-14-8-10-16(29-2)11-9-14/h3-12,25H,1-2H3,(H,24,26). The van der Waals surface area contributed by atoms with Crippen molar-refractivity contribution < 1.29 is 26.7 Å². The Bertz CT molecular complexity index is 1200. The molecule has 0 radical (unpaired) electrons. The minimum Gasteiger partial charge on any atom is -0.497 e. The molecule has 9 heteroatoms. The van der Waals surface area contributed by atoms with Crippen molar-refractivity contribution in [3.63, 3.8) is 0 Å². The Morgan fingerprint density at radius 2 is 1.63 bits per heavy atom. The Balaban J connectivity index is 1.86. The van der Waals surface area contributed by atoms with Gasteiger partial charge in [0.25, 0.3) is 15.9 Å². The van der Waals surface area contributed by atoms with Crippen LogP contribution in [0.25, 0.3) is 0 Å². The number of benzene rings is 3. The van der Waals surface area contributed by atoms with E-state index < -0.39 is 33.1 Å². The smallest absolute Gasteiger partial charge is 0.262 e. The maximum Gasteiger partial charge on any atom is 0.262 e. The molecular formula is C21H18F2N2O4S. The lowest BCUT2D eigenvalue weighted by Gasteiger charge is -2.13. The van der Waals surface area contributed by atoms with Crippen molar-refractivity contribution in [2.75, 3.05) is 17.1 Å². The van der Waals surface area contributed by atoms with E-state index in [0.717, 1.165) is 12.1 Å². The number of hydrogen-bond acceptors (Lipinski definition) is 4. The summed E-state index contributed by atoms with van der Waals surface area (Å²) < 4.78 is 60.3. The van der Waals surface area contributed by atoms with Crippen LogP contribution in [-0.4, -0.2) is 21.4 Å².